The molecule has 30 heavy (non-hydrogen) atoms. The van der Waals surface area contributed by atoms with Crippen LogP contribution < -0.4 is 10.5 Å². The van der Waals surface area contributed by atoms with E-state index in [0.29, 0.717) is 17.9 Å². The predicted octanol–water partition coefficient (Wildman–Crippen LogP) is 3.52. The number of hydrogen-bond donors (Lipinski definition) is 1. The molecule has 3 fully saturated rings. The van der Waals surface area contributed by atoms with Gasteiger partial charge in [0.1, 0.15) is 0 Å². The minimum absolute atomic E-state index is 0.00763. The van der Waals surface area contributed by atoms with Crippen molar-refractivity contribution >= 4 is 17.2 Å². The lowest BCUT2D eigenvalue weighted by Gasteiger charge is -2.24. The van der Waals surface area contributed by atoms with Gasteiger partial charge in [-0.1, -0.05) is 11.6 Å². The lowest BCUT2D eigenvalue weighted by Crippen LogP contribution is -2.34. The molecule has 158 valence electrons. The van der Waals surface area contributed by atoms with Gasteiger partial charge in [-0.25, -0.2) is 4.98 Å². The van der Waals surface area contributed by atoms with Crippen molar-refractivity contribution in [3.63, 3.8) is 0 Å². The summed E-state index contributed by atoms with van der Waals surface area (Å²) in [5.41, 5.74) is 10.5. The van der Waals surface area contributed by atoms with Gasteiger partial charge in [-0.15, -0.1) is 0 Å². The summed E-state index contributed by atoms with van der Waals surface area (Å²) in [7, 11) is 0. The molecule has 0 aromatic carbocycles. The number of fused-ring (bicyclic) bond motifs is 1. The van der Waals surface area contributed by atoms with E-state index in [2.05, 4.69) is 31.3 Å². The number of alkyl halides is 2. The highest BCUT2D eigenvalue weighted by atomic mass is 19.3. The SMILES string of the molecule is Nc1ncc(C2=CC(C3C4=CC(N5CCCC5)CC43)=[N+]2CC2CC2)cc1OC(F)F. The lowest BCUT2D eigenvalue weighted by atomic mass is 9.98. The Morgan fingerprint density at radius 1 is 1.27 bits per heavy atom. The minimum Gasteiger partial charge on any atom is -0.431 e. The Labute approximate surface area is 174 Å². The summed E-state index contributed by atoms with van der Waals surface area (Å²) in [5, 5.41) is 0. The molecule has 3 atom stereocenters. The van der Waals surface area contributed by atoms with Crippen LogP contribution in [0, 0.1) is 17.8 Å². The third-order valence-corrected chi connectivity index (χ3v) is 7.31. The number of ether oxygens (including phenoxy) is 1. The van der Waals surface area contributed by atoms with Crippen LogP contribution in [0.3, 0.4) is 0 Å². The fourth-order valence-electron chi connectivity index (χ4n) is 5.51. The number of nitrogens with zero attached hydrogens (tertiary/aromatic N) is 3. The van der Waals surface area contributed by atoms with Gasteiger partial charge in [0.05, 0.1) is 17.6 Å². The second-order valence-corrected chi connectivity index (χ2v) is 9.29. The van der Waals surface area contributed by atoms with Crippen molar-refractivity contribution < 1.29 is 18.1 Å². The first-order valence-corrected chi connectivity index (χ1v) is 11.1. The molecule has 2 aliphatic heterocycles. The summed E-state index contributed by atoms with van der Waals surface area (Å²) in [4.78, 5) is 6.72. The lowest BCUT2D eigenvalue weighted by molar-refractivity contribution is -0.446. The fourth-order valence-corrected chi connectivity index (χ4v) is 5.51. The van der Waals surface area contributed by atoms with E-state index in [1.807, 2.05) is 0 Å². The first-order chi connectivity index (χ1) is 14.6. The highest BCUT2D eigenvalue weighted by Gasteiger charge is 2.58. The molecular formula is C23H27F2N4O+. The van der Waals surface area contributed by atoms with Crippen LogP contribution in [0.2, 0.25) is 0 Å². The van der Waals surface area contributed by atoms with Crippen LogP contribution in [0.25, 0.3) is 5.70 Å². The van der Waals surface area contributed by atoms with Crippen molar-refractivity contribution in [3.8, 4) is 5.75 Å². The molecular weight excluding hydrogens is 386 g/mol. The van der Waals surface area contributed by atoms with Crippen molar-refractivity contribution in [2.75, 3.05) is 25.4 Å². The molecule has 3 aliphatic carbocycles. The molecule has 1 aromatic rings. The third-order valence-electron chi connectivity index (χ3n) is 7.31. The molecule has 0 spiro atoms. The van der Waals surface area contributed by atoms with Crippen LogP contribution in [0.15, 0.2) is 30.0 Å². The van der Waals surface area contributed by atoms with Crippen molar-refractivity contribution in [1.82, 2.24) is 9.88 Å². The van der Waals surface area contributed by atoms with Gasteiger partial charge >= 0.3 is 6.61 Å². The standard InChI is InChI=1S/C23H26F2N4O/c24-23(25)30-20-7-14(11-27-22(20)26)18-10-19(29(18)12-13-3-4-13)21-16-8-15(9-17(16)21)28-5-1-2-6-28/h7-8,10-11,13,15,17,21,23,26H,1-6,9,12H2/p+1. The first kappa shape index (κ1) is 18.5. The van der Waals surface area contributed by atoms with Gasteiger partial charge in [-0.3, -0.25) is 4.90 Å². The summed E-state index contributed by atoms with van der Waals surface area (Å²) in [5.74, 6) is 1.90. The van der Waals surface area contributed by atoms with Crippen molar-refractivity contribution in [2.45, 2.75) is 44.8 Å². The second kappa shape index (κ2) is 6.87. The molecule has 2 saturated carbocycles. The number of anilines is 1. The van der Waals surface area contributed by atoms with Gasteiger partial charge in [0.2, 0.25) is 5.70 Å². The van der Waals surface area contributed by atoms with Crippen LogP contribution in [-0.4, -0.2) is 52.5 Å². The summed E-state index contributed by atoms with van der Waals surface area (Å²) in [6.07, 6.45) is 12.9. The average molecular weight is 413 g/mol. The Hall–Kier alpha value is -2.28. The van der Waals surface area contributed by atoms with Gasteiger partial charge in [-0.2, -0.15) is 13.4 Å². The summed E-state index contributed by atoms with van der Waals surface area (Å²) >= 11 is 0. The monoisotopic (exact) mass is 413 g/mol. The van der Waals surface area contributed by atoms with E-state index in [-0.39, 0.29) is 11.6 Å². The molecule has 5 aliphatic rings. The normalized spacial score (nSPS) is 30.3. The Kier molecular flexibility index (Phi) is 4.23. The molecule has 3 unspecified atom stereocenters. The Balaban J connectivity index is 1.23. The average Bonchev–Trinajstić information content (AvgIpc) is 3.49. The van der Waals surface area contributed by atoms with E-state index in [1.165, 1.54) is 50.9 Å². The van der Waals surface area contributed by atoms with Gasteiger partial charge in [-0.05, 0) is 57.2 Å². The maximum Gasteiger partial charge on any atom is 0.387 e. The number of nitrogen functional groups attached to an aromatic ring is 1. The Morgan fingerprint density at radius 3 is 2.73 bits per heavy atom. The highest BCUT2D eigenvalue weighted by molar-refractivity contribution is 6.08. The third kappa shape index (κ3) is 3.14. The van der Waals surface area contributed by atoms with Crippen molar-refractivity contribution in [1.29, 1.82) is 0 Å². The maximum absolute atomic E-state index is 12.7. The van der Waals surface area contributed by atoms with Gasteiger partial charge in [0, 0.05) is 18.2 Å². The molecule has 5 nitrogen and oxygen atoms in total. The Morgan fingerprint density at radius 2 is 2.07 bits per heavy atom. The minimum atomic E-state index is -2.91. The van der Waals surface area contributed by atoms with E-state index in [4.69, 9.17) is 5.73 Å². The largest absolute Gasteiger partial charge is 0.431 e. The Bertz CT molecular complexity index is 975. The van der Waals surface area contributed by atoms with E-state index < -0.39 is 6.61 Å². The van der Waals surface area contributed by atoms with E-state index >= 15 is 0 Å². The number of rotatable bonds is 7. The number of halogens is 2. The molecule has 1 aromatic heterocycles. The molecule has 1 saturated heterocycles. The fraction of sp³-hybridized carbons (Fsp3) is 0.565. The van der Waals surface area contributed by atoms with E-state index in [1.54, 1.807) is 17.8 Å². The highest BCUT2D eigenvalue weighted by Crippen LogP contribution is 2.57. The molecule has 6 rings (SSSR count). The number of pyridine rings is 1. The van der Waals surface area contributed by atoms with Crippen molar-refractivity contribution in [2.24, 2.45) is 17.8 Å². The molecule has 3 heterocycles. The second-order valence-electron chi connectivity index (χ2n) is 9.29. The summed E-state index contributed by atoms with van der Waals surface area (Å²) < 4.78 is 32.3. The molecule has 0 radical (unpaired) electrons. The van der Waals surface area contributed by atoms with Gasteiger partial charge in [0.15, 0.2) is 23.8 Å². The van der Waals surface area contributed by atoms with Crippen molar-refractivity contribution in [3.05, 3.63) is 35.6 Å². The molecule has 0 bridgehead atoms. The smallest absolute Gasteiger partial charge is 0.387 e. The van der Waals surface area contributed by atoms with E-state index in [0.717, 1.165) is 23.7 Å². The maximum atomic E-state index is 12.7. The molecule has 0 amide bonds. The zero-order chi connectivity index (χ0) is 20.4. The summed E-state index contributed by atoms with van der Waals surface area (Å²) in [6.45, 7) is 0.578. The van der Waals surface area contributed by atoms with Crippen LogP contribution in [0.4, 0.5) is 14.6 Å². The van der Waals surface area contributed by atoms with Crippen LogP contribution >= 0.6 is 0 Å². The summed E-state index contributed by atoms with van der Waals surface area (Å²) in [6, 6.07) is 2.23. The van der Waals surface area contributed by atoms with Gasteiger partial charge in [0.25, 0.3) is 0 Å². The first-order valence-electron chi connectivity index (χ1n) is 11.1. The van der Waals surface area contributed by atoms with Gasteiger partial charge < -0.3 is 10.5 Å². The topological polar surface area (TPSA) is 54.4 Å². The molecule has 7 heteroatoms. The number of aromatic nitrogens is 1. The molecule has 2 N–H and O–H groups in total. The predicted molar refractivity (Wildman–Crippen MR) is 110 cm³/mol. The quantitative estimate of drug-likeness (QED) is 0.549. The van der Waals surface area contributed by atoms with Crippen LogP contribution in [0.1, 0.15) is 37.7 Å². The van der Waals surface area contributed by atoms with Crippen LogP contribution in [-0.2, 0) is 0 Å². The number of allylic oxidation sites excluding steroid dienone is 2. The number of hydrogen-bond acceptors (Lipinski definition) is 4. The number of nitrogens with two attached hydrogens (primary N) is 1. The van der Waals surface area contributed by atoms with Crippen LogP contribution in [0.5, 0.6) is 5.75 Å². The number of likely N-dealkylation sites (tertiary alicyclic amines) is 1. The van der Waals surface area contributed by atoms with E-state index in [9.17, 15) is 8.78 Å². The zero-order valence-electron chi connectivity index (χ0n) is 16.9. The zero-order valence-corrected chi connectivity index (χ0v) is 16.9.